The highest BCUT2D eigenvalue weighted by Gasteiger charge is 2.49. The Morgan fingerprint density at radius 1 is 0.855 bits per heavy atom. The number of hydrogen-bond acceptors (Lipinski definition) is 1. The largest absolute Gasteiger partial charge is 0.302 e. The number of rotatable bonds is 6. The van der Waals surface area contributed by atoms with Crippen LogP contribution >= 0.6 is 11.3 Å². The van der Waals surface area contributed by atoms with Gasteiger partial charge in [-0.05, 0) is 84.0 Å². The Morgan fingerprint density at radius 2 is 1.61 bits per heavy atom. The van der Waals surface area contributed by atoms with Gasteiger partial charge in [-0.2, -0.15) is 9.13 Å². The molecule has 0 radical (unpaired) electrons. The molecule has 3 unspecified atom stereocenters. The topological polar surface area (TPSA) is 11.8 Å². The molecule has 0 amide bonds. The number of thiophene rings is 1. The monoisotopic (exact) mass is 847 g/mol. The summed E-state index contributed by atoms with van der Waals surface area (Å²) >= 11 is 1.73. The summed E-state index contributed by atoms with van der Waals surface area (Å²) in [5.74, 6) is 1.56. The van der Waals surface area contributed by atoms with Gasteiger partial charge >= 0.3 is 5.82 Å². The summed E-state index contributed by atoms with van der Waals surface area (Å²) in [6, 6.07) is 43.0. The van der Waals surface area contributed by atoms with Crippen LogP contribution in [0.5, 0.6) is 0 Å². The van der Waals surface area contributed by atoms with Crippen molar-refractivity contribution in [2.24, 2.45) is 0 Å². The van der Waals surface area contributed by atoms with Gasteiger partial charge in [0.1, 0.15) is 18.0 Å². The van der Waals surface area contributed by atoms with Crippen molar-refractivity contribution in [3.63, 3.8) is 0 Å². The van der Waals surface area contributed by atoms with Crippen molar-refractivity contribution in [3.8, 4) is 28.2 Å². The minimum atomic E-state index is -1.45. The number of imidazole rings is 1. The molecule has 0 N–H and O–H groups in total. The van der Waals surface area contributed by atoms with Crippen molar-refractivity contribution >= 4 is 62.0 Å². The van der Waals surface area contributed by atoms with Crippen LogP contribution in [0.4, 0.5) is 4.39 Å². The molecule has 6 heteroatoms. The van der Waals surface area contributed by atoms with Gasteiger partial charge in [0.2, 0.25) is 11.8 Å². The van der Waals surface area contributed by atoms with Gasteiger partial charge in [-0.15, -0.1) is 11.3 Å². The number of hydrogen-bond donors (Lipinski definition) is 0. The maximum atomic E-state index is 15.1. The zero-order chi connectivity index (χ0) is 42.8. The molecule has 2 aromatic heterocycles. The second-order valence-electron chi connectivity index (χ2n) is 19.4. The molecule has 0 spiro atoms. The lowest BCUT2D eigenvalue weighted by Crippen LogP contribution is -2.50. The summed E-state index contributed by atoms with van der Waals surface area (Å²) in [5.41, 5.74) is 17.7. The Kier molecular flexibility index (Phi) is 9.12. The molecule has 8 aromatic rings. The molecule has 0 fully saturated rings. The summed E-state index contributed by atoms with van der Waals surface area (Å²) in [6.07, 6.45) is 3.96. The molecule has 0 bridgehead atoms. The number of allylic oxidation sites excluding steroid dienone is 1. The second-order valence-corrected chi connectivity index (χ2v) is 26.1. The number of halogens is 1. The van der Waals surface area contributed by atoms with E-state index in [0.29, 0.717) is 0 Å². The van der Waals surface area contributed by atoms with Gasteiger partial charge in [-0.3, -0.25) is 0 Å². The SMILES string of the molecule is C=CC1=[N+](CC[Si](C)(C)C)C2C(=C)[n+]3c(n4c5c(cccc53)C(C)c3cc(-c5ccccc5)cc(C(C)C)c3-4)-c3c(ccc4c3sc3cc(F)ccc34)CCC2c2ccccc21. The Labute approximate surface area is 369 Å². The first-order valence-corrected chi connectivity index (χ1v) is 27.0. The van der Waals surface area contributed by atoms with Crippen LogP contribution < -0.4 is 4.57 Å². The molecule has 3 aliphatic rings. The van der Waals surface area contributed by atoms with Crippen molar-refractivity contribution in [2.75, 3.05) is 6.54 Å². The van der Waals surface area contributed by atoms with E-state index in [0.717, 1.165) is 47.0 Å². The van der Waals surface area contributed by atoms with Crippen LogP contribution in [0.15, 0.2) is 134 Å². The Bertz CT molecular complexity index is 3230. The van der Waals surface area contributed by atoms with Crippen LogP contribution in [-0.2, 0) is 6.42 Å². The zero-order valence-corrected chi connectivity index (χ0v) is 38.5. The molecule has 62 heavy (non-hydrogen) atoms. The number of benzene rings is 6. The molecule has 5 heterocycles. The summed E-state index contributed by atoms with van der Waals surface area (Å²) < 4.78 is 25.2. The lowest BCUT2D eigenvalue weighted by molar-refractivity contribution is -0.608. The highest BCUT2D eigenvalue weighted by atomic mass is 32.1. The summed E-state index contributed by atoms with van der Waals surface area (Å²) in [5, 5.41) is 2.28. The smallest absolute Gasteiger partial charge is 0.218 e. The van der Waals surface area contributed by atoms with E-state index in [9.17, 15) is 0 Å². The third-order valence-corrected chi connectivity index (χ3v) is 17.1. The highest BCUT2D eigenvalue weighted by Crippen LogP contribution is 2.51. The second kappa shape index (κ2) is 14.4. The van der Waals surface area contributed by atoms with E-state index in [1.165, 1.54) is 82.6 Å². The third-order valence-electron chi connectivity index (χ3n) is 14.2. The van der Waals surface area contributed by atoms with Crippen molar-refractivity contribution in [1.29, 1.82) is 0 Å². The van der Waals surface area contributed by atoms with Gasteiger partial charge in [-0.1, -0.05) is 126 Å². The van der Waals surface area contributed by atoms with Crippen LogP contribution in [-0.4, -0.2) is 35.5 Å². The van der Waals surface area contributed by atoms with Crippen LogP contribution in [0.25, 0.3) is 65.1 Å². The van der Waals surface area contributed by atoms with E-state index in [-0.39, 0.29) is 29.6 Å². The first kappa shape index (κ1) is 39.2. The quantitative estimate of drug-likeness (QED) is 0.117. The molecule has 11 rings (SSSR count). The van der Waals surface area contributed by atoms with Crippen molar-refractivity contribution in [1.82, 2.24) is 4.57 Å². The van der Waals surface area contributed by atoms with E-state index in [1.54, 1.807) is 23.5 Å². The predicted octanol–water partition coefficient (Wildman–Crippen LogP) is 14.3. The molecule has 3 aliphatic heterocycles. The average Bonchev–Trinajstić information content (AvgIpc) is 3.82. The van der Waals surface area contributed by atoms with Crippen LogP contribution in [0.2, 0.25) is 25.7 Å². The highest BCUT2D eigenvalue weighted by molar-refractivity contribution is 7.26. The molecule has 0 saturated carbocycles. The fourth-order valence-corrected chi connectivity index (χ4v) is 13.4. The maximum absolute atomic E-state index is 15.1. The fraction of sp³-hybridized carbons (Fsp3) is 0.250. The minimum Gasteiger partial charge on any atom is -0.218 e. The van der Waals surface area contributed by atoms with E-state index in [4.69, 9.17) is 6.58 Å². The molecule has 0 aliphatic carbocycles. The summed E-state index contributed by atoms with van der Waals surface area (Å²) in [4.78, 5) is 0. The van der Waals surface area contributed by atoms with E-state index >= 15 is 4.39 Å². The molecule has 308 valence electrons. The maximum Gasteiger partial charge on any atom is 0.302 e. The van der Waals surface area contributed by atoms with Gasteiger partial charge in [0.05, 0.1) is 24.3 Å². The van der Waals surface area contributed by atoms with Crippen molar-refractivity contribution in [3.05, 3.63) is 174 Å². The van der Waals surface area contributed by atoms with E-state index in [1.807, 2.05) is 6.07 Å². The first-order chi connectivity index (χ1) is 29.9. The van der Waals surface area contributed by atoms with E-state index < -0.39 is 8.07 Å². The van der Waals surface area contributed by atoms with E-state index in [2.05, 4.69) is 164 Å². The van der Waals surface area contributed by atoms with Gasteiger partial charge in [0, 0.05) is 55.8 Å². The number of fused-ring (bicyclic) bond motifs is 14. The van der Waals surface area contributed by atoms with Gasteiger partial charge < -0.3 is 0 Å². The molecule has 3 atom stereocenters. The number of aryl methyl sites for hydroxylation is 1. The van der Waals surface area contributed by atoms with Crippen molar-refractivity contribution in [2.45, 2.75) is 83.1 Å². The van der Waals surface area contributed by atoms with Crippen LogP contribution in [0.1, 0.15) is 78.3 Å². The molecular formula is C56H54FN3SSi+2. The van der Waals surface area contributed by atoms with Gasteiger partial charge in [0.15, 0.2) is 16.7 Å². The number of nitrogens with zero attached hydrogens (tertiary/aromatic N) is 3. The zero-order valence-electron chi connectivity index (χ0n) is 36.7. The number of para-hydroxylation sites is 1. The molecule has 0 saturated heterocycles. The molecule has 6 aromatic carbocycles. The minimum absolute atomic E-state index is 0.00955. The Morgan fingerprint density at radius 3 is 2.39 bits per heavy atom. The number of aromatic nitrogens is 2. The fourth-order valence-electron chi connectivity index (χ4n) is 11.2. The summed E-state index contributed by atoms with van der Waals surface area (Å²) in [7, 11) is -1.45. The normalized spacial score (nSPS) is 18.3. The van der Waals surface area contributed by atoms with Crippen molar-refractivity contribution < 1.29 is 13.5 Å². The van der Waals surface area contributed by atoms with Crippen LogP contribution in [0, 0.1) is 5.82 Å². The standard InChI is InChI=1S/C56H54FN3SSi/c1-9-48-42-19-14-13-18-41(42)44-25-22-37-23-26-45-43-27-24-39(57)32-50(43)61-55(45)51(37)56-59(35(5)52(44)58(48)28-29-62(6,7)8)49-21-15-20-40-34(4)47-31-38(36-16-11-10-12-17-36)30-46(33(2)3)53(47)60(56)54(40)49/h9-21,23-24,26-27,30-34,44,52H,1,5,22,25,28-29H2,2-4,6-8H3/q+2. The van der Waals surface area contributed by atoms with Gasteiger partial charge in [-0.25, -0.2) is 8.97 Å². The third kappa shape index (κ3) is 5.86. The summed E-state index contributed by atoms with van der Waals surface area (Å²) in [6.45, 7) is 25.3. The Hall–Kier alpha value is -5.69. The predicted molar refractivity (Wildman–Crippen MR) is 263 cm³/mol. The first-order valence-electron chi connectivity index (χ1n) is 22.4. The lowest BCUT2D eigenvalue weighted by atomic mass is 9.78. The lowest BCUT2D eigenvalue weighted by Gasteiger charge is -2.32. The van der Waals surface area contributed by atoms with Gasteiger partial charge in [0.25, 0.3) is 0 Å². The van der Waals surface area contributed by atoms with Crippen LogP contribution in [0.3, 0.4) is 0 Å². The molecular weight excluding hydrogens is 794 g/mol. The Balaban J connectivity index is 1.31. The average molecular weight is 848 g/mol. The molecule has 3 nitrogen and oxygen atoms in total.